The quantitative estimate of drug-likeness (QED) is 0.677. The topological polar surface area (TPSA) is 115 Å². The van der Waals surface area contributed by atoms with Crippen LogP contribution in [0.4, 0.5) is 0 Å². The number of aromatic nitrogens is 6. The zero-order valence-electron chi connectivity index (χ0n) is 11.1. The first-order chi connectivity index (χ1) is 10.2. The van der Waals surface area contributed by atoms with E-state index >= 15 is 0 Å². The Morgan fingerprint density at radius 3 is 3.00 bits per heavy atom. The summed E-state index contributed by atoms with van der Waals surface area (Å²) >= 11 is 1.70. The number of carbonyl (C=O) groups is 1. The number of nitrogens with zero attached hydrogens (tertiary/aromatic N) is 5. The molecule has 0 aliphatic rings. The average molecular weight is 303 g/mol. The second kappa shape index (κ2) is 5.83. The number of amides is 1. The first-order valence-electron chi connectivity index (χ1n) is 6.34. The number of nitrogens with one attached hydrogen (secondary N) is 1. The summed E-state index contributed by atoms with van der Waals surface area (Å²) in [5.41, 5.74) is 5.92. The third-order valence-corrected chi connectivity index (χ3v) is 3.91. The summed E-state index contributed by atoms with van der Waals surface area (Å²) in [6.07, 6.45) is 3.29. The molecule has 0 radical (unpaired) electrons. The Morgan fingerprint density at radius 1 is 1.43 bits per heavy atom. The van der Waals surface area contributed by atoms with Crippen LogP contribution in [0.25, 0.3) is 5.95 Å². The number of primary amides is 1. The molecule has 0 aromatic carbocycles. The standard InChI is InChI=1S/C12H13N7OS/c13-10(20)6-8-7-14-11(4-3-9-2-1-5-21-9)19(8)12-15-17-18-16-12/h1-2,5,7H,3-4,6H2,(H2,13,20)(H,15,16,17,18). The molecule has 21 heavy (non-hydrogen) atoms. The van der Waals surface area contributed by atoms with Crippen molar-refractivity contribution in [3.8, 4) is 5.95 Å². The lowest BCUT2D eigenvalue weighted by atomic mass is 10.2. The Hall–Kier alpha value is -2.55. The number of aryl methyl sites for hydroxylation is 2. The molecule has 3 heterocycles. The summed E-state index contributed by atoms with van der Waals surface area (Å²) in [7, 11) is 0. The summed E-state index contributed by atoms with van der Waals surface area (Å²) in [6.45, 7) is 0. The van der Waals surface area contributed by atoms with Gasteiger partial charge in [-0.05, 0) is 23.1 Å². The minimum atomic E-state index is -0.426. The molecule has 3 aromatic rings. The molecule has 9 heteroatoms. The van der Waals surface area contributed by atoms with Crippen LogP contribution in [-0.4, -0.2) is 36.1 Å². The van der Waals surface area contributed by atoms with Gasteiger partial charge < -0.3 is 5.73 Å². The van der Waals surface area contributed by atoms with Gasteiger partial charge in [-0.15, -0.1) is 16.4 Å². The number of carbonyl (C=O) groups excluding carboxylic acids is 1. The number of hydrogen-bond acceptors (Lipinski definition) is 6. The van der Waals surface area contributed by atoms with Crippen LogP contribution in [0.15, 0.2) is 23.7 Å². The van der Waals surface area contributed by atoms with Gasteiger partial charge in [0.05, 0.1) is 12.1 Å². The van der Waals surface area contributed by atoms with Crippen molar-refractivity contribution in [2.24, 2.45) is 5.73 Å². The second-order valence-electron chi connectivity index (χ2n) is 4.44. The molecule has 0 atom stereocenters. The van der Waals surface area contributed by atoms with Gasteiger partial charge in [-0.25, -0.2) is 4.98 Å². The lowest BCUT2D eigenvalue weighted by molar-refractivity contribution is -0.117. The van der Waals surface area contributed by atoms with Gasteiger partial charge in [0.15, 0.2) is 0 Å². The molecular formula is C12H13N7OS. The molecule has 0 unspecified atom stereocenters. The zero-order valence-corrected chi connectivity index (χ0v) is 11.9. The van der Waals surface area contributed by atoms with Gasteiger partial charge >= 0.3 is 0 Å². The summed E-state index contributed by atoms with van der Waals surface area (Å²) in [5, 5.41) is 15.9. The molecule has 0 aliphatic heterocycles. The first-order valence-corrected chi connectivity index (χ1v) is 7.22. The van der Waals surface area contributed by atoms with E-state index in [1.54, 1.807) is 22.1 Å². The van der Waals surface area contributed by atoms with Gasteiger partial charge in [-0.2, -0.15) is 5.21 Å². The fraction of sp³-hybridized carbons (Fsp3) is 0.250. The van der Waals surface area contributed by atoms with E-state index in [2.05, 4.69) is 31.7 Å². The number of rotatable bonds is 6. The van der Waals surface area contributed by atoms with Crippen molar-refractivity contribution in [2.45, 2.75) is 19.3 Å². The Labute approximate surface area is 124 Å². The normalized spacial score (nSPS) is 10.9. The van der Waals surface area contributed by atoms with Crippen molar-refractivity contribution in [3.05, 3.63) is 40.1 Å². The largest absolute Gasteiger partial charge is 0.369 e. The van der Waals surface area contributed by atoms with Crippen LogP contribution < -0.4 is 5.73 Å². The molecule has 1 amide bonds. The van der Waals surface area contributed by atoms with Gasteiger partial charge in [-0.1, -0.05) is 11.2 Å². The number of tetrazole rings is 1. The van der Waals surface area contributed by atoms with E-state index in [1.165, 1.54) is 4.88 Å². The van der Waals surface area contributed by atoms with Crippen molar-refractivity contribution >= 4 is 17.2 Å². The molecule has 108 valence electrons. The fourth-order valence-corrected chi connectivity index (χ4v) is 2.80. The van der Waals surface area contributed by atoms with Crippen LogP contribution in [0.2, 0.25) is 0 Å². The molecule has 0 aliphatic carbocycles. The minimum absolute atomic E-state index is 0.0839. The highest BCUT2D eigenvalue weighted by Crippen LogP contribution is 2.16. The van der Waals surface area contributed by atoms with E-state index in [1.807, 2.05) is 11.4 Å². The molecule has 3 rings (SSSR count). The molecule has 8 nitrogen and oxygen atoms in total. The van der Waals surface area contributed by atoms with Gasteiger partial charge in [0.2, 0.25) is 5.91 Å². The molecule has 0 fully saturated rings. The summed E-state index contributed by atoms with van der Waals surface area (Å²) < 4.78 is 1.72. The van der Waals surface area contributed by atoms with Crippen LogP contribution in [-0.2, 0) is 24.1 Å². The maximum absolute atomic E-state index is 11.2. The van der Waals surface area contributed by atoms with Crippen LogP contribution in [0.3, 0.4) is 0 Å². The predicted octanol–water partition coefficient (Wildman–Crippen LogP) is 0.260. The predicted molar refractivity (Wildman–Crippen MR) is 75.9 cm³/mol. The molecule has 0 saturated carbocycles. The van der Waals surface area contributed by atoms with E-state index in [-0.39, 0.29) is 6.42 Å². The maximum atomic E-state index is 11.2. The van der Waals surface area contributed by atoms with Gasteiger partial charge in [0.1, 0.15) is 5.82 Å². The highest BCUT2D eigenvalue weighted by molar-refractivity contribution is 7.09. The number of H-pyrrole nitrogens is 1. The zero-order chi connectivity index (χ0) is 14.7. The van der Waals surface area contributed by atoms with Gasteiger partial charge in [-0.3, -0.25) is 9.36 Å². The number of imidazole rings is 1. The Kier molecular flexibility index (Phi) is 3.73. The summed E-state index contributed by atoms with van der Waals surface area (Å²) in [5.74, 6) is 0.718. The highest BCUT2D eigenvalue weighted by atomic mass is 32.1. The van der Waals surface area contributed by atoms with Crippen LogP contribution in [0.5, 0.6) is 0 Å². The van der Waals surface area contributed by atoms with Crippen LogP contribution in [0, 0.1) is 0 Å². The Bertz CT molecular complexity index is 717. The minimum Gasteiger partial charge on any atom is -0.369 e. The van der Waals surface area contributed by atoms with Crippen LogP contribution in [0.1, 0.15) is 16.4 Å². The van der Waals surface area contributed by atoms with E-state index in [4.69, 9.17) is 5.73 Å². The SMILES string of the molecule is NC(=O)Cc1cnc(CCc2cccs2)n1-c1nn[nH]n1. The second-order valence-corrected chi connectivity index (χ2v) is 5.47. The molecule has 0 bridgehead atoms. The molecular weight excluding hydrogens is 290 g/mol. The lowest BCUT2D eigenvalue weighted by Crippen LogP contribution is -2.17. The maximum Gasteiger partial charge on any atom is 0.275 e. The van der Waals surface area contributed by atoms with Crippen molar-refractivity contribution in [1.82, 2.24) is 30.2 Å². The van der Waals surface area contributed by atoms with E-state index in [9.17, 15) is 4.79 Å². The number of nitrogens with two attached hydrogens (primary N) is 1. The Balaban J connectivity index is 1.89. The monoisotopic (exact) mass is 303 g/mol. The smallest absolute Gasteiger partial charge is 0.275 e. The van der Waals surface area contributed by atoms with Crippen molar-refractivity contribution < 1.29 is 4.79 Å². The molecule has 0 spiro atoms. The number of hydrogen-bond donors (Lipinski definition) is 2. The molecule has 3 N–H and O–H groups in total. The first kappa shape index (κ1) is 13.4. The third-order valence-electron chi connectivity index (χ3n) is 2.97. The third kappa shape index (κ3) is 2.97. The van der Waals surface area contributed by atoms with Crippen LogP contribution >= 0.6 is 11.3 Å². The van der Waals surface area contributed by atoms with Crippen molar-refractivity contribution in [1.29, 1.82) is 0 Å². The Morgan fingerprint density at radius 2 is 2.33 bits per heavy atom. The molecule has 0 saturated heterocycles. The fourth-order valence-electron chi connectivity index (χ4n) is 2.09. The lowest BCUT2D eigenvalue weighted by Gasteiger charge is -2.06. The van der Waals surface area contributed by atoms with Gasteiger partial charge in [0.25, 0.3) is 5.95 Å². The van der Waals surface area contributed by atoms with E-state index < -0.39 is 5.91 Å². The summed E-state index contributed by atoms with van der Waals surface area (Å²) in [6, 6.07) is 4.10. The van der Waals surface area contributed by atoms with Crippen molar-refractivity contribution in [3.63, 3.8) is 0 Å². The number of aromatic amines is 1. The average Bonchev–Trinajstić information content (AvgIpc) is 3.17. The van der Waals surface area contributed by atoms with Crippen molar-refractivity contribution in [2.75, 3.05) is 0 Å². The van der Waals surface area contributed by atoms with Gasteiger partial charge in [0, 0.05) is 17.5 Å². The molecule has 3 aromatic heterocycles. The highest BCUT2D eigenvalue weighted by Gasteiger charge is 2.16. The number of thiophene rings is 1. The summed E-state index contributed by atoms with van der Waals surface area (Å²) in [4.78, 5) is 16.8. The van der Waals surface area contributed by atoms with E-state index in [0.29, 0.717) is 18.1 Å². The van der Waals surface area contributed by atoms with E-state index in [0.717, 1.165) is 12.2 Å².